The van der Waals surface area contributed by atoms with Gasteiger partial charge in [-0.15, -0.1) is 9.24 Å². The second-order valence-electron chi connectivity index (χ2n) is 11.0. The molecule has 0 fully saturated rings. The average molecular weight is 638 g/mol. The fraction of sp³-hybridized carbons (Fsp3) is 0.345. The van der Waals surface area contributed by atoms with Crippen LogP contribution >= 0.6 is 32.4 Å². The van der Waals surface area contributed by atoms with Gasteiger partial charge >= 0.3 is 0 Å². The second-order valence-corrected chi connectivity index (χ2v) is 14.2. The van der Waals surface area contributed by atoms with Gasteiger partial charge in [0.15, 0.2) is 0 Å². The number of hydrogen-bond acceptors (Lipinski definition) is 6. The number of sulfonamides is 1. The van der Waals surface area contributed by atoms with Crippen LogP contribution in [-0.2, 0) is 21.4 Å². The van der Waals surface area contributed by atoms with Crippen molar-refractivity contribution in [2.75, 3.05) is 6.61 Å². The molecule has 0 saturated carbocycles. The van der Waals surface area contributed by atoms with E-state index in [9.17, 15) is 13.2 Å². The molecule has 1 heterocycles. The lowest BCUT2D eigenvalue weighted by atomic mass is 9.97. The number of amides is 1. The molecular weight excluding hydrogens is 602 g/mol. The fourth-order valence-electron chi connectivity index (χ4n) is 4.41. The van der Waals surface area contributed by atoms with E-state index in [-0.39, 0.29) is 38.8 Å². The lowest BCUT2D eigenvalue weighted by Crippen LogP contribution is -2.45. The lowest BCUT2D eigenvalue weighted by molar-refractivity contribution is -0.122. The van der Waals surface area contributed by atoms with Gasteiger partial charge in [-0.25, -0.2) is 18.1 Å². The van der Waals surface area contributed by atoms with Gasteiger partial charge in [-0.05, 0) is 61.5 Å². The van der Waals surface area contributed by atoms with Crippen LogP contribution < -0.4 is 25.9 Å². The smallest absolute Gasteiger partial charge is 0.241 e. The number of hydrazine groups is 1. The minimum Gasteiger partial charge on any atom is -0.493 e. The number of hydrogen-bond donors (Lipinski definition) is 3. The first-order valence-corrected chi connectivity index (χ1v) is 15.9. The normalized spacial score (nSPS) is 16.1. The fourth-order valence-corrected chi connectivity index (χ4v) is 6.22. The van der Waals surface area contributed by atoms with Crippen molar-refractivity contribution in [2.24, 2.45) is 5.84 Å². The monoisotopic (exact) mass is 636 g/mol. The van der Waals surface area contributed by atoms with E-state index in [1.54, 1.807) is 17.1 Å². The van der Waals surface area contributed by atoms with E-state index in [4.69, 9.17) is 33.8 Å². The highest BCUT2D eigenvalue weighted by Crippen LogP contribution is 2.34. The minimum absolute atomic E-state index is 0.0448. The third-order valence-electron chi connectivity index (χ3n) is 6.89. The largest absolute Gasteiger partial charge is 0.493 e. The number of benzene rings is 3. The topological polar surface area (TPSA) is 114 Å². The highest BCUT2D eigenvalue weighted by Gasteiger charge is 2.28. The number of nitrogens with two attached hydrogens (primary N) is 1. The van der Waals surface area contributed by atoms with Crippen molar-refractivity contribution < 1.29 is 17.9 Å². The molecule has 12 heteroatoms. The Morgan fingerprint density at radius 2 is 1.80 bits per heavy atom. The molecule has 0 aliphatic carbocycles. The van der Waals surface area contributed by atoms with Gasteiger partial charge in [0.1, 0.15) is 5.75 Å². The van der Waals surface area contributed by atoms with Crippen molar-refractivity contribution in [1.82, 2.24) is 15.0 Å². The Hall–Kier alpha value is -2.23. The average Bonchev–Trinajstić information content (AvgIpc) is 2.89. The maximum absolute atomic E-state index is 13.4. The number of nitrogens with zero attached hydrogens (tertiary/aromatic N) is 1. The van der Waals surface area contributed by atoms with Gasteiger partial charge in [0.05, 0.1) is 33.6 Å². The maximum atomic E-state index is 13.4. The summed E-state index contributed by atoms with van der Waals surface area (Å²) in [4.78, 5) is 13.3. The summed E-state index contributed by atoms with van der Waals surface area (Å²) in [6.07, 6.45) is 0.472. The molecule has 0 spiro atoms. The van der Waals surface area contributed by atoms with Crippen LogP contribution in [0.1, 0.15) is 62.4 Å². The number of carbonyl (C=O) groups excluding carboxylic acids is 1. The van der Waals surface area contributed by atoms with E-state index in [1.165, 1.54) is 18.2 Å². The van der Waals surface area contributed by atoms with Crippen molar-refractivity contribution in [2.45, 2.75) is 62.7 Å². The van der Waals surface area contributed by atoms with E-state index in [0.717, 1.165) is 16.4 Å². The SMILES string of the molecule is CC(C)(C)N(N)Cc1ccc2c(c1)OCC[C@H]2NC(=O)C[C@@H](NS(=O)(=O)c1ccc(Cl)c(Cl)c1)c1ccc(P)cc1. The number of carbonyl (C=O) groups is 1. The molecular formula is C29H35Cl2N4O4PS. The quantitative estimate of drug-likeness (QED) is 0.173. The van der Waals surface area contributed by atoms with E-state index in [1.807, 2.05) is 51.1 Å². The number of fused-ring (bicyclic) bond motifs is 1. The molecule has 0 aromatic heterocycles. The molecule has 1 amide bonds. The predicted molar refractivity (Wildman–Crippen MR) is 167 cm³/mol. The Balaban J connectivity index is 1.52. The first-order valence-electron chi connectivity index (χ1n) is 13.1. The summed E-state index contributed by atoms with van der Waals surface area (Å²) in [7, 11) is -1.43. The van der Waals surface area contributed by atoms with Crippen molar-refractivity contribution in [3.63, 3.8) is 0 Å². The van der Waals surface area contributed by atoms with Gasteiger partial charge in [0, 0.05) is 30.5 Å². The zero-order valence-corrected chi connectivity index (χ0v) is 26.6. The summed E-state index contributed by atoms with van der Waals surface area (Å²) in [5.41, 5.74) is 2.33. The molecule has 1 aliphatic rings. The molecule has 220 valence electrons. The molecule has 41 heavy (non-hydrogen) atoms. The standard InChI is InChI=1S/C29H35Cl2N4O4PS/c1-29(2,3)35(32)17-18-4-10-22-25(12-13-39-27(22)14-18)33-28(36)16-26(19-5-7-20(40)8-6-19)34-41(37,38)21-9-11-23(30)24(31)15-21/h4-11,14-15,25-26,34H,12-13,16-17,32,40H2,1-3H3,(H,33,36)/t25-,26-/m1/s1. The first kappa shape index (κ1) is 31.7. The highest BCUT2D eigenvalue weighted by molar-refractivity contribution is 7.89. The zero-order chi connectivity index (χ0) is 29.9. The molecule has 0 saturated heterocycles. The Kier molecular flexibility index (Phi) is 10.0. The Morgan fingerprint density at radius 3 is 2.46 bits per heavy atom. The molecule has 0 radical (unpaired) electrons. The summed E-state index contributed by atoms with van der Waals surface area (Å²) in [6.45, 7) is 7.12. The van der Waals surface area contributed by atoms with E-state index >= 15 is 0 Å². The van der Waals surface area contributed by atoms with Crippen molar-refractivity contribution >= 4 is 53.7 Å². The number of ether oxygens (including phenoxy) is 1. The third-order valence-corrected chi connectivity index (χ3v) is 9.49. The zero-order valence-electron chi connectivity index (χ0n) is 23.2. The van der Waals surface area contributed by atoms with Crippen LogP contribution in [0.2, 0.25) is 10.0 Å². The van der Waals surface area contributed by atoms with Gasteiger partial charge in [-0.2, -0.15) is 0 Å². The molecule has 1 aliphatic heterocycles. The third kappa shape index (κ3) is 8.20. The van der Waals surface area contributed by atoms with Crippen LogP contribution in [-0.4, -0.2) is 31.5 Å². The highest BCUT2D eigenvalue weighted by atomic mass is 35.5. The van der Waals surface area contributed by atoms with Crippen LogP contribution in [0.25, 0.3) is 0 Å². The molecule has 3 aromatic rings. The maximum Gasteiger partial charge on any atom is 0.241 e. The molecule has 8 nitrogen and oxygen atoms in total. The Morgan fingerprint density at radius 1 is 1.10 bits per heavy atom. The summed E-state index contributed by atoms with van der Waals surface area (Å²) < 4.78 is 35.1. The van der Waals surface area contributed by atoms with Gasteiger partial charge in [0.25, 0.3) is 0 Å². The van der Waals surface area contributed by atoms with Crippen LogP contribution in [0.15, 0.2) is 65.6 Å². The molecule has 3 aromatic carbocycles. The summed E-state index contributed by atoms with van der Waals surface area (Å²) in [5, 5.41) is 6.15. The van der Waals surface area contributed by atoms with Gasteiger partial charge in [-0.3, -0.25) is 10.6 Å². The Labute approximate surface area is 254 Å². The summed E-state index contributed by atoms with van der Waals surface area (Å²) in [6, 6.07) is 16.1. The van der Waals surface area contributed by atoms with Gasteiger partial charge < -0.3 is 10.1 Å². The lowest BCUT2D eigenvalue weighted by Gasteiger charge is -2.32. The summed E-state index contributed by atoms with van der Waals surface area (Å²) in [5.74, 6) is 6.62. The second kappa shape index (κ2) is 13.0. The number of rotatable bonds is 9. The number of nitrogens with one attached hydrogen (secondary N) is 2. The van der Waals surface area contributed by atoms with Crippen molar-refractivity contribution in [3.05, 3.63) is 87.4 Å². The molecule has 1 unspecified atom stereocenters. The van der Waals surface area contributed by atoms with Crippen molar-refractivity contribution in [1.29, 1.82) is 0 Å². The molecule has 4 rings (SSSR count). The van der Waals surface area contributed by atoms with Crippen LogP contribution in [0.5, 0.6) is 5.75 Å². The van der Waals surface area contributed by atoms with Crippen LogP contribution in [0, 0.1) is 0 Å². The minimum atomic E-state index is -4.02. The summed E-state index contributed by atoms with van der Waals surface area (Å²) >= 11 is 12.0. The van der Waals surface area contributed by atoms with Gasteiger partial charge in [-0.1, -0.05) is 59.6 Å². The van der Waals surface area contributed by atoms with E-state index in [2.05, 4.69) is 19.3 Å². The van der Waals surface area contributed by atoms with Crippen molar-refractivity contribution in [3.8, 4) is 5.75 Å². The van der Waals surface area contributed by atoms with Crippen LogP contribution in [0.4, 0.5) is 0 Å². The Bertz CT molecular complexity index is 1510. The van der Waals surface area contributed by atoms with Gasteiger partial charge in [0.2, 0.25) is 15.9 Å². The molecule has 3 atom stereocenters. The van der Waals surface area contributed by atoms with E-state index in [0.29, 0.717) is 30.9 Å². The number of halogens is 2. The first-order chi connectivity index (χ1) is 19.2. The molecule has 0 bridgehead atoms. The predicted octanol–water partition coefficient (Wildman–Crippen LogP) is 5.02. The van der Waals surface area contributed by atoms with Crippen LogP contribution in [0.3, 0.4) is 0 Å². The van der Waals surface area contributed by atoms with E-state index < -0.39 is 16.1 Å². The molecule has 4 N–H and O–H groups in total.